The summed E-state index contributed by atoms with van der Waals surface area (Å²) in [4.78, 5) is 25.2. The fourth-order valence-corrected chi connectivity index (χ4v) is 2.13. The van der Waals surface area contributed by atoms with Crippen LogP contribution in [0.25, 0.3) is 0 Å². The van der Waals surface area contributed by atoms with Gasteiger partial charge in [0.25, 0.3) is 0 Å². The molecule has 2 saturated heterocycles. The molecule has 22 heavy (non-hydrogen) atoms. The van der Waals surface area contributed by atoms with Gasteiger partial charge in [0, 0.05) is 26.2 Å². The molecule has 4 N–H and O–H groups in total. The Morgan fingerprint density at radius 2 is 1.64 bits per heavy atom. The zero-order chi connectivity index (χ0) is 16.4. The third-order valence-electron chi connectivity index (χ3n) is 3.58. The van der Waals surface area contributed by atoms with Crippen LogP contribution in [0.1, 0.15) is 6.92 Å². The number of amides is 1. The molecule has 128 valence electrons. The number of hydrogen-bond donors (Lipinski definition) is 3. The van der Waals surface area contributed by atoms with Crippen molar-refractivity contribution in [2.45, 2.75) is 13.0 Å². The van der Waals surface area contributed by atoms with Gasteiger partial charge in [0.15, 0.2) is 0 Å². The maximum absolute atomic E-state index is 10.8. The van der Waals surface area contributed by atoms with Crippen molar-refractivity contribution in [2.24, 2.45) is 5.84 Å². The van der Waals surface area contributed by atoms with E-state index in [1.807, 2.05) is 9.80 Å². The predicted molar refractivity (Wildman–Crippen MR) is 79.1 cm³/mol. The van der Waals surface area contributed by atoms with Gasteiger partial charge in [-0.2, -0.15) is 0 Å². The SMILES string of the molecule is CC(C(=O)O)N1CCOCC1.NNC(=O)CN1CCOCC1. The number of carbonyl (C=O) groups excluding carboxylic acids is 1. The van der Waals surface area contributed by atoms with Gasteiger partial charge in [0.1, 0.15) is 6.04 Å². The van der Waals surface area contributed by atoms with Crippen molar-refractivity contribution in [3.63, 3.8) is 0 Å². The molecule has 9 heteroatoms. The summed E-state index contributed by atoms with van der Waals surface area (Å²) >= 11 is 0. The molecule has 2 heterocycles. The van der Waals surface area contributed by atoms with E-state index < -0.39 is 5.97 Å². The fourth-order valence-electron chi connectivity index (χ4n) is 2.13. The lowest BCUT2D eigenvalue weighted by molar-refractivity contribution is -0.144. The van der Waals surface area contributed by atoms with Crippen LogP contribution in [0.5, 0.6) is 0 Å². The van der Waals surface area contributed by atoms with Crippen molar-refractivity contribution in [3.05, 3.63) is 0 Å². The maximum Gasteiger partial charge on any atom is 0.320 e. The van der Waals surface area contributed by atoms with Gasteiger partial charge in [-0.05, 0) is 6.92 Å². The molecule has 2 rings (SSSR count). The number of carbonyl (C=O) groups is 2. The number of nitrogens with one attached hydrogen (secondary N) is 1. The summed E-state index contributed by atoms with van der Waals surface area (Å²) in [6, 6.07) is -0.376. The molecular formula is C13H26N4O5. The van der Waals surface area contributed by atoms with Crippen LogP contribution in [-0.4, -0.2) is 92.0 Å². The summed E-state index contributed by atoms with van der Waals surface area (Å²) in [6.07, 6.45) is 0. The summed E-state index contributed by atoms with van der Waals surface area (Å²) < 4.78 is 10.2. The van der Waals surface area contributed by atoms with Gasteiger partial charge in [-0.25, -0.2) is 5.84 Å². The first-order valence-electron chi connectivity index (χ1n) is 7.38. The van der Waals surface area contributed by atoms with Gasteiger partial charge in [0.05, 0.1) is 33.0 Å². The van der Waals surface area contributed by atoms with Crippen LogP contribution in [0.15, 0.2) is 0 Å². The van der Waals surface area contributed by atoms with Gasteiger partial charge < -0.3 is 14.6 Å². The van der Waals surface area contributed by atoms with Crippen molar-refractivity contribution in [3.8, 4) is 0 Å². The summed E-state index contributed by atoms with van der Waals surface area (Å²) in [7, 11) is 0. The number of carboxylic acid groups (broad SMARTS) is 1. The lowest BCUT2D eigenvalue weighted by atomic mass is 10.2. The zero-order valence-corrected chi connectivity index (χ0v) is 13.0. The molecule has 0 aromatic heterocycles. The first-order valence-corrected chi connectivity index (χ1v) is 7.38. The molecule has 0 aromatic carbocycles. The van der Waals surface area contributed by atoms with Crippen LogP contribution in [0.4, 0.5) is 0 Å². The van der Waals surface area contributed by atoms with Crippen molar-refractivity contribution in [2.75, 3.05) is 59.2 Å². The van der Waals surface area contributed by atoms with Crippen LogP contribution in [0.3, 0.4) is 0 Å². The highest BCUT2D eigenvalue weighted by Crippen LogP contribution is 2.02. The predicted octanol–water partition coefficient (Wildman–Crippen LogP) is -1.90. The van der Waals surface area contributed by atoms with Gasteiger partial charge >= 0.3 is 5.97 Å². The Kier molecular flexibility index (Phi) is 8.94. The van der Waals surface area contributed by atoms with E-state index in [4.69, 9.17) is 20.4 Å². The summed E-state index contributed by atoms with van der Waals surface area (Å²) in [5, 5.41) is 8.65. The van der Waals surface area contributed by atoms with Crippen molar-refractivity contribution in [1.82, 2.24) is 15.2 Å². The number of hydrazine groups is 1. The first-order chi connectivity index (χ1) is 10.5. The highest BCUT2D eigenvalue weighted by Gasteiger charge is 2.21. The minimum absolute atomic E-state index is 0.146. The topological polar surface area (TPSA) is 117 Å². The molecule has 1 atom stereocenters. The number of aliphatic carboxylic acids is 1. The fraction of sp³-hybridized carbons (Fsp3) is 0.846. The van der Waals surface area contributed by atoms with Crippen LogP contribution < -0.4 is 11.3 Å². The van der Waals surface area contributed by atoms with E-state index in [0.29, 0.717) is 33.0 Å². The van der Waals surface area contributed by atoms with Crippen molar-refractivity contribution in [1.29, 1.82) is 0 Å². The number of nitrogens with zero attached hydrogens (tertiary/aromatic N) is 2. The molecule has 0 radical (unpaired) electrons. The van der Waals surface area contributed by atoms with E-state index in [9.17, 15) is 9.59 Å². The third-order valence-corrected chi connectivity index (χ3v) is 3.58. The molecule has 0 bridgehead atoms. The first kappa shape index (κ1) is 18.8. The molecule has 2 fully saturated rings. The Hall–Kier alpha value is -1.26. The smallest absolute Gasteiger partial charge is 0.320 e. The second-order valence-corrected chi connectivity index (χ2v) is 5.12. The molecule has 1 unspecified atom stereocenters. The number of hydrogen-bond acceptors (Lipinski definition) is 7. The van der Waals surface area contributed by atoms with E-state index in [2.05, 4.69) is 5.43 Å². The monoisotopic (exact) mass is 318 g/mol. The molecule has 0 saturated carbocycles. The Balaban J connectivity index is 0.000000220. The third kappa shape index (κ3) is 7.14. The van der Waals surface area contributed by atoms with Gasteiger partial charge in [-0.3, -0.25) is 24.8 Å². The normalized spacial score (nSPS) is 21.4. The Labute approximate surface area is 130 Å². The van der Waals surface area contributed by atoms with Crippen LogP contribution in [0, 0.1) is 0 Å². The van der Waals surface area contributed by atoms with Gasteiger partial charge in [-0.15, -0.1) is 0 Å². The highest BCUT2D eigenvalue weighted by molar-refractivity contribution is 5.77. The minimum Gasteiger partial charge on any atom is -0.480 e. The quantitative estimate of drug-likeness (QED) is 0.313. The van der Waals surface area contributed by atoms with E-state index in [0.717, 1.165) is 26.2 Å². The van der Waals surface area contributed by atoms with Crippen molar-refractivity contribution < 1.29 is 24.2 Å². The largest absolute Gasteiger partial charge is 0.480 e. The van der Waals surface area contributed by atoms with Crippen LogP contribution >= 0.6 is 0 Å². The minimum atomic E-state index is -0.758. The molecule has 0 spiro atoms. The number of carboxylic acids is 1. The lowest BCUT2D eigenvalue weighted by Gasteiger charge is -2.29. The summed E-state index contributed by atoms with van der Waals surface area (Å²) in [5.41, 5.74) is 2.09. The summed E-state index contributed by atoms with van der Waals surface area (Å²) in [5.74, 6) is 4.03. The Morgan fingerprint density at radius 3 is 2.09 bits per heavy atom. The zero-order valence-electron chi connectivity index (χ0n) is 13.0. The Bertz CT molecular complexity index is 341. The molecule has 1 amide bonds. The Morgan fingerprint density at radius 1 is 1.14 bits per heavy atom. The average Bonchev–Trinajstić information content (AvgIpc) is 2.56. The van der Waals surface area contributed by atoms with Crippen LogP contribution in [0.2, 0.25) is 0 Å². The lowest BCUT2D eigenvalue weighted by Crippen LogP contribution is -2.45. The second kappa shape index (κ2) is 10.5. The van der Waals surface area contributed by atoms with Gasteiger partial charge in [0.2, 0.25) is 5.91 Å². The maximum atomic E-state index is 10.8. The number of nitrogens with two attached hydrogens (primary N) is 1. The van der Waals surface area contributed by atoms with E-state index in [1.54, 1.807) is 6.92 Å². The number of rotatable bonds is 4. The molecule has 0 aromatic rings. The average molecular weight is 318 g/mol. The standard InChI is InChI=1S/C7H13NO3.C6H13N3O2/c1-6(7(9)10)8-2-4-11-5-3-8;7-8-6(10)5-9-1-3-11-4-2-9/h6H,2-5H2,1H3,(H,9,10);1-5,7H2,(H,8,10). The van der Waals surface area contributed by atoms with Gasteiger partial charge in [-0.1, -0.05) is 0 Å². The molecular weight excluding hydrogens is 292 g/mol. The second-order valence-electron chi connectivity index (χ2n) is 5.12. The number of ether oxygens (including phenoxy) is 2. The molecule has 2 aliphatic rings. The molecule has 0 aliphatic carbocycles. The van der Waals surface area contributed by atoms with E-state index in [1.165, 1.54) is 0 Å². The van der Waals surface area contributed by atoms with Crippen LogP contribution in [-0.2, 0) is 19.1 Å². The highest BCUT2D eigenvalue weighted by atomic mass is 16.5. The molecule has 9 nitrogen and oxygen atoms in total. The molecule has 2 aliphatic heterocycles. The van der Waals surface area contributed by atoms with E-state index >= 15 is 0 Å². The number of morpholine rings is 2. The van der Waals surface area contributed by atoms with Crippen molar-refractivity contribution >= 4 is 11.9 Å². The summed E-state index contributed by atoms with van der Waals surface area (Å²) in [6.45, 7) is 7.88. The van der Waals surface area contributed by atoms with E-state index in [-0.39, 0.29) is 11.9 Å².